The fourth-order valence-corrected chi connectivity index (χ4v) is 7.00. The summed E-state index contributed by atoms with van der Waals surface area (Å²) in [5.41, 5.74) is 4.36. The molecule has 2 N–H and O–H groups in total. The van der Waals surface area contributed by atoms with Crippen molar-refractivity contribution in [1.29, 1.82) is 0 Å². The van der Waals surface area contributed by atoms with E-state index in [0.717, 1.165) is 34.3 Å². The Morgan fingerprint density at radius 3 is 3.00 bits per heavy atom. The monoisotopic (exact) mass is 300 g/mol. The van der Waals surface area contributed by atoms with E-state index in [2.05, 4.69) is 10.5 Å². The lowest BCUT2D eigenvalue weighted by Gasteiger charge is -2.38. The van der Waals surface area contributed by atoms with Crippen LogP contribution in [0.1, 0.15) is 37.7 Å². The Bertz CT molecular complexity index is 631. The maximum Gasteiger partial charge on any atom is 0.129 e. The van der Waals surface area contributed by atoms with Crippen LogP contribution in [0, 0.1) is 23.7 Å². The van der Waals surface area contributed by atoms with E-state index in [4.69, 9.17) is 0 Å². The first-order valence-electron chi connectivity index (χ1n) is 8.09. The first-order valence-corrected chi connectivity index (χ1v) is 8.91. The van der Waals surface area contributed by atoms with Crippen molar-refractivity contribution in [1.82, 2.24) is 5.43 Å². The number of phenols is 1. The van der Waals surface area contributed by atoms with E-state index in [1.807, 2.05) is 30.0 Å². The van der Waals surface area contributed by atoms with Crippen molar-refractivity contribution in [2.75, 3.05) is 0 Å². The predicted octanol–water partition coefficient (Wildman–Crippen LogP) is 3.54. The number of thioether (sulfide) groups is 1. The molecule has 3 saturated carbocycles. The van der Waals surface area contributed by atoms with E-state index in [9.17, 15) is 5.11 Å². The summed E-state index contributed by atoms with van der Waals surface area (Å²) in [6.45, 7) is 0. The van der Waals surface area contributed by atoms with Gasteiger partial charge in [0.1, 0.15) is 15.7 Å². The molecular formula is C17H20N2OS. The molecule has 4 heteroatoms. The van der Waals surface area contributed by atoms with E-state index >= 15 is 0 Å². The van der Waals surface area contributed by atoms with Crippen LogP contribution in [0.4, 0.5) is 0 Å². The summed E-state index contributed by atoms with van der Waals surface area (Å²) < 4.78 is 0. The minimum absolute atomic E-state index is 0.119. The number of hydrazone groups is 1. The van der Waals surface area contributed by atoms with Crippen LogP contribution in [-0.2, 0) is 0 Å². The number of para-hydroxylation sites is 1. The third-order valence-electron chi connectivity index (χ3n) is 6.23. The fraction of sp³-hybridized carbons (Fsp3) is 0.588. The number of rotatable bonds is 1. The molecule has 1 spiro atoms. The number of aromatic hydroxyl groups is 1. The van der Waals surface area contributed by atoms with Crippen molar-refractivity contribution in [2.24, 2.45) is 28.8 Å². The number of phenolic OH excluding ortho intramolecular Hbond substituents is 1. The number of nitrogens with zero attached hydrogens (tertiary/aromatic N) is 1. The van der Waals surface area contributed by atoms with Gasteiger partial charge in [0.2, 0.25) is 0 Å². The predicted molar refractivity (Wildman–Crippen MR) is 85.1 cm³/mol. The molecule has 0 saturated heterocycles. The van der Waals surface area contributed by atoms with E-state index in [1.165, 1.54) is 32.1 Å². The molecule has 3 aliphatic carbocycles. The molecule has 0 aromatic heterocycles. The van der Waals surface area contributed by atoms with Crippen molar-refractivity contribution in [3.05, 3.63) is 29.8 Å². The summed E-state index contributed by atoms with van der Waals surface area (Å²) >= 11 is 1.88. The molecule has 5 rings (SSSR count). The standard InChI is InChI=1S/C17H20N2OS/c20-15-7-2-1-4-13(15)16-18-19-17(21-16)9-10-8-14(17)12-6-3-5-11(10)12/h1-2,4,7,10-12,14,19-20H,3,5-6,8-9H2/t10-,11-,12+,14+,17-/m1/s1. The minimum Gasteiger partial charge on any atom is -0.507 e. The van der Waals surface area contributed by atoms with Crippen molar-refractivity contribution in [3.63, 3.8) is 0 Å². The van der Waals surface area contributed by atoms with Gasteiger partial charge >= 0.3 is 0 Å². The zero-order valence-electron chi connectivity index (χ0n) is 12.0. The zero-order valence-corrected chi connectivity index (χ0v) is 12.8. The minimum atomic E-state index is 0.119. The third-order valence-corrected chi connectivity index (χ3v) is 7.66. The lowest BCUT2D eigenvalue weighted by atomic mass is 9.79. The second-order valence-corrected chi connectivity index (χ2v) is 8.42. The Morgan fingerprint density at radius 1 is 1.24 bits per heavy atom. The highest BCUT2D eigenvalue weighted by molar-refractivity contribution is 8.15. The van der Waals surface area contributed by atoms with Crippen molar-refractivity contribution < 1.29 is 5.11 Å². The second kappa shape index (κ2) is 4.19. The van der Waals surface area contributed by atoms with Crippen molar-refractivity contribution in [2.45, 2.75) is 37.0 Å². The highest BCUT2D eigenvalue weighted by atomic mass is 32.2. The smallest absolute Gasteiger partial charge is 0.129 e. The van der Waals surface area contributed by atoms with Crippen LogP contribution in [0.2, 0.25) is 0 Å². The molecular weight excluding hydrogens is 280 g/mol. The molecule has 3 fully saturated rings. The molecule has 2 bridgehead atoms. The summed E-state index contributed by atoms with van der Waals surface area (Å²) in [6.07, 6.45) is 6.95. The average Bonchev–Trinajstić information content (AvgIpc) is 3.22. The van der Waals surface area contributed by atoms with Gasteiger partial charge in [-0.2, -0.15) is 5.10 Å². The molecule has 0 unspecified atom stereocenters. The van der Waals surface area contributed by atoms with Gasteiger partial charge in [0.05, 0.1) is 5.56 Å². The topological polar surface area (TPSA) is 44.6 Å². The van der Waals surface area contributed by atoms with Crippen LogP contribution >= 0.6 is 11.8 Å². The maximum absolute atomic E-state index is 10.1. The highest BCUT2D eigenvalue weighted by Crippen LogP contribution is 2.66. The number of benzene rings is 1. The highest BCUT2D eigenvalue weighted by Gasteiger charge is 2.63. The van der Waals surface area contributed by atoms with E-state index in [1.54, 1.807) is 6.07 Å². The largest absolute Gasteiger partial charge is 0.507 e. The summed E-state index contributed by atoms with van der Waals surface area (Å²) in [5.74, 6) is 3.93. The number of hydrogen-bond donors (Lipinski definition) is 2. The van der Waals surface area contributed by atoms with E-state index in [-0.39, 0.29) is 4.87 Å². The summed E-state index contributed by atoms with van der Waals surface area (Å²) in [4.78, 5) is 0.119. The summed E-state index contributed by atoms with van der Waals surface area (Å²) in [5, 5.41) is 15.6. The van der Waals surface area contributed by atoms with Gasteiger partial charge in [-0.05, 0) is 61.5 Å². The van der Waals surface area contributed by atoms with Gasteiger partial charge in [-0.3, -0.25) is 5.43 Å². The van der Waals surface area contributed by atoms with Gasteiger partial charge in [0, 0.05) is 0 Å². The van der Waals surface area contributed by atoms with Crippen LogP contribution in [0.25, 0.3) is 0 Å². The van der Waals surface area contributed by atoms with Gasteiger partial charge < -0.3 is 5.11 Å². The Morgan fingerprint density at radius 2 is 2.10 bits per heavy atom. The van der Waals surface area contributed by atoms with Crippen LogP contribution in [0.5, 0.6) is 5.75 Å². The van der Waals surface area contributed by atoms with Crippen LogP contribution < -0.4 is 5.43 Å². The van der Waals surface area contributed by atoms with E-state index in [0.29, 0.717) is 5.75 Å². The molecule has 21 heavy (non-hydrogen) atoms. The quantitative estimate of drug-likeness (QED) is 0.834. The lowest BCUT2D eigenvalue weighted by molar-refractivity contribution is 0.192. The molecule has 0 amide bonds. The number of fused-ring (bicyclic) bond motifs is 6. The molecule has 5 atom stereocenters. The third kappa shape index (κ3) is 1.60. The first kappa shape index (κ1) is 12.4. The molecule has 0 radical (unpaired) electrons. The van der Waals surface area contributed by atoms with Gasteiger partial charge in [0.15, 0.2) is 0 Å². The number of nitrogens with one attached hydrogen (secondary N) is 1. The van der Waals surface area contributed by atoms with Gasteiger partial charge in [-0.25, -0.2) is 0 Å². The summed E-state index contributed by atoms with van der Waals surface area (Å²) in [7, 11) is 0. The Kier molecular flexibility index (Phi) is 2.47. The first-order chi connectivity index (χ1) is 10.3. The molecule has 1 aromatic carbocycles. The molecule has 1 aromatic rings. The summed E-state index contributed by atoms with van der Waals surface area (Å²) in [6, 6.07) is 7.55. The van der Waals surface area contributed by atoms with E-state index < -0.39 is 0 Å². The van der Waals surface area contributed by atoms with Crippen LogP contribution in [0.15, 0.2) is 29.4 Å². The molecule has 1 aliphatic heterocycles. The lowest BCUT2D eigenvalue weighted by Crippen LogP contribution is -2.45. The Balaban J connectivity index is 1.44. The normalized spacial score (nSPS) is 43.1. The molecule has 3 nitrogen and oxygen atoms in total. The van der Waals surface area contributed by atoms with Gasteiger partial charge in [-0.1, -0.05) is 30.3 Å². The van der Waals surface area contributed by atoms with Gasteiger partial charge in [0.25, 0.3) is 0 Å². The fourth-order valence-electron chi connectivity index (χ4n) is 5.47. The van der Waals surface area contributed by atoms with Crippen LogP contribution in [-0.4, -0.2) is 15.0 Å². The van der Waals surface area contributed by atoms with Crippen LogP contribution in [0.3, 0.4) is 0 Å². The Hall–Kier alpha value is -1.16. The molecule has 1 heterocycles. The van der Waals surface area contributed by atoms with Crippen molar-refractivity contribution in [3.8, 4) is 5.75 Å². The second-order valence-electron chi connectivity index (χ2n) is 7.10. The maximum atomic E-state index is 10.1. The molecule has 110 valence electrons. The van der Waals surface area contributed by atoms with Crippen molar-refractivity contribution >= 4 is 16.8 Å². The Labute approximate surface area is 129 Å². The SMILES string of the molecule is Oc1ccccc1C1=NN[C@]2(C[C@H]3C[C@H]2[C@H]2CCC[C@H]32)S1. The number of hydrogen-bond acceptors (Lipinski definition) is 4. The molecule has 4 aliphatic rings. The van der Waals surface area contributed by atoms with Gasteiger partial charge in [-0.15, -0.1) is 0 Å². The zero-order chi connectivity index (χ0) is 14.0. The average molecular weight is 300 g/mol.